The fourth-order valence-corrected chi connectivity index (χ4v) is 2.19. The molecule has 0 N–H and O–H groups in total. The summed E-state index contributed by atoms with van der Waals surface area (Å²) in [5.41, 5.74) is -1.59. The molecule has 0 spiro atoms. The van der Waals surface area contributed by atoms with Crippen molar-refractivity contribution in [1.29, 1.82) is 0 Å². The standard InChI is InChI=1S/C10H6ClF4N3S/c11-6-3-5(10(13,14)15)4-7(12)8(6)17-18-9-16-1-2-19-9/h3-4H,1-2H2. The van der Waals surface area contributed by atoms with Crippen molar-refractivity contribution in [3.05, 3.63) is 28.5 Å². The van der Waals surface area contributed by atoms with Crippen molar-refractivity contribution >= 4 is 34.2 Å². The van der Waals surface area contributed by atoms with E-state index >= 15 is 0 Å². The summed E-state index contributed by atoms with van der Waals surface area (Å²) in [7, 11) is 0. The van der Waals surface area contributed by atoms with Crippen molar-refractivity contribution in [3.8, 4) is 0 Å². The number of halogens is 5. The number of amidine groups is 1. The Kier molecular flexibility index (Phi) is 4.10. The van der Waals surface area contributed by atoms with Crippen LogP contribution in [-0.4, -0.2) is 17.5 Å². The van der Waals surface area contributed by atoms with Crippen molar-refractivity contribution in [3.63, 3.8) is 0 Å². The first-order valence-corrected chi connectivity index (χ1v) is 6.39. The van der Waals surface area contributed by atoms with Crippen molar-refractivity contribution in [2.24, 2.45) is 15.2 Å². The Balaban J connectivity index is 2.32. The minimum Gasteiger partial charge on any atom is -0.258 e. The molecule has 1 aliphatic rings. The van der Waals surface area contributed by atoms with E-state index in [1.54, 1.807) is 0 Å². The molecule has 0 saturated carbocycles. The Morgan fingerprint density at radius 1 is 1.26 bits per heavy atom. The average Bonchev–Trinajstić information content (AvgIpc) is 2.79. The molecule has 1 aromatic carbocycles. The highest BCUT2D eigenvalue weighted by Gasteiger charge is 2.32. The Morgan fingerprint density at radius 2 is 2.00 bits per heavy atom. The van der Waals surface area contributed by atoms with Crippen LogP contribution >= 0.6 is 23.4 Å². The lowest BCUT2D eigenvalue weighted by Gasteiger charge is -2.08. The maximum absolute atomic E-state index is 13.5. The Labute approximate surface area is 114 Å². The molecule has 102 valence electrons. The van der Waals surface area contributed by atoms with Gasteiger partial charge in [-0.05, 0) is 12.1 Å². The first kappa shape index (κ1) is 14.3. The second-order valence-corrected chi connectivity index (χ2v) is 4.97. The zero-order valence-electron chi connectivity index (χ0n) is 9.21. The van der Waals surface area contributed by atoms with Crippen LogP contribution in [0, 0.1) is 5.82 Å². The van der Waals surface area contributed by atoms with E-state index in [2.05, 4.69) is 15.2 Å². The number of hydrogen-bond acceptors (Lipinski definition) is 4. The molecule has 0 aliphatic carbocycles. The Hall–Kier alpha value is -1.15. The van der Waals surface area contributed by atoms with Crippen LogP contribution in [0.4, 0.5) is 23.2 Å². The number of nitrogens with zero attached hydrogens (tertiary/aromatic N) is 3. The van der Waals surface area contributed by atoms with Gasteiger partial charge in [-0.25, -0.2) is 4.39 Å². The van der Waals surface area contributed by atoms with Crippen molar-refractivity contribution < 1.29 is 17.6 Å². The second-order valence-electron chi connectivity index (χ2n) is 3.50. The first-order chi connectivity index (χ1) is 8.88. The molecule has 0 fully saturated rings. The number of alkyl halides is 3. The Bertz CT molecular complexity index is 533. The summed E-state index contributed by atoms with van der Waals surface area (Å²) < 4.78 is 50.8. The van der Waals surface area contributed by atoms with Gasteiger partial charge < -0.3 is 0 Å². The lowest BCUT2D eigenvalue weighted by Crippen LogP contribution is -2.05. The van der Waals surface area contributed by atoms with Crippen LogP contribution in [-0.2, 0) is 6.18 Å². The molecule has 0 radical (unpaired) electrons. The third-order valence-electron chi connectivity index (χ3n) is 2.15. The highest BCUT2D eigenvalue weighted by atomic mass is 35.5. The number of hydrogen-bond donors (Lipinski definition) is 0. The van der Waals surface area contributed by atoms with Gasteiger partial charge in [0.1, 0.15) is 5.69 Å². The van der Waals surface area contributed by atoms with Crippen LogP contribution < -0.4 is 0 Å². The monoisotopic (exact) mass is 311 g/mol. The number of rotatable bonds is 1. The molecule has 9 heteroatoms. The van der Waals surface area contributed by atoms with E-state index in [0.29, 0.717) is 23.8 Å². The van der Waals surface area contributed by atoms with Gasteiger partial charge in [-0.15, -0.1) is 10.2 Å². The van der Waals surface area contributed by atoms with E-state index in [4.69, 9.17) is 11.6 Å². The molecule has 0 unspecified atom stereocenters. The van der Waals surface area contributed by atoms with Crippen LogP contribution in [0.3, 0.4) is 0 Å². The van der Waals surface area contributed by atoms with E-state index in [0.717, 1.165) is 5.75 Å². The van der Waals surface area contributed by atoms with Gasteiger partial charge in [0.25, 0.3) is 0 Å². The molecule has 0 bridgehead atoms. The summed E-state index contributed by atoms with van der Waals surface area (Å²) in [6.45, 7) is 0.586. The minimum absolute atomic E-state index is 0.337. The van der Waals surface area contributed by atoms with Gasteiger partial charge in [0.15, 0.2) is 5.82 Å². The van der Waals surface area contributed by atoms with Gasteiger partial charge in [-0.2, -0.15) is 13.2 Å². The van der Waals surface area contributed by atoms with Crippen LogP contribution in [0.25, 0.3) is 0 Å². The molecule has 0 saturated heterocycles. The highest BCUT2D eigenvalue weighted by Crippen LogP contribution is 2.37. The molecular weight excluding hydrogens is 306 g/mol. The van der Waals surface area contributed by atoms with Crippen LogP contribution in [0.1, 0.15) is 5.56 Å². The number of aliphatic imine (C=N–C) groups is 1. The summed E-state index contributed by atoms with van der Waals surface area (Å²) >= 11 is 6.91. The lowest BCUT2D eigenvalue weighted by atomic mass is 10.2. The third-order valence-corrected chi connectivity index (χ3v) is 3.29. The van der Waals surface area contributed by atoms with E-state index in [-0.39, 0.29) is 0 Å². The second kappa shape index (κ2) is 5.46. The van der Waals surface area contributed by atoms with Crippen LogP contribution in [0.2, 0.25) is 5.02 Å². The predicted molar refractivity (Wildman–Crippen MR) is 65.7 cm³/mol. The first-order valence-electron chi connectivity index (χ1n) is 5.03. The lowest BCUT2D eigenvalue weighted by molar-refractivity contribution is -0.137. The number of benzene rings is 1. The summed E-state index contributed by atoms with van der Waals surface area (Å²) in [5, 5.41) is 7.06. The average molecular weight is 312 g/mol. The van der Waals surface area contributed by atoms with Gasteiger partial charge in [0.05, 0.1) is 17.1 Å². The molecule has 0 atom stereocenters. The van der Waals surface area contributed by atoms with Crippen LogP contribution in [0.5, 0.6) is 0 Å². The molecule has 0 aromatic heterocycles. The zero-order chi connectivity index (χ0) is 14.0. The van der Waals surface area contributed by atoms with E-state index in [1.165, 1.54) is 11.8 Å². The van der Waals surface area contributed by atoms with Crippen molar-refractivity contribution in [1.82, 2.24) is 0 Å². The topological polar surface area (TPSA) is 37.1 Å². The summed E-state index contributed by atoms with van der Waals surface area (Å²) in [6, 6.07) is 0.951. The third kappa shape index (κ3) is 3.44. The van der Waals surface area contributed by atoms with Gasteiger partial charge in [0.2, 0.25) is 5.17 Å². The predicted octanol–water partition coefficient (Wildman–Crippen LogP) is 4.68. The van der Waals surface area contributed by atoms with E-state index in [1.807, 2.05) is 0 Å². The molecule has 1 aromatic rings. The largest absolute Gasteiger partial charge is 0.416 e. The smallest absolute Gasteiger partial charge is 0.258 e. The molecule has 2 rings (SSSR count). The fourth-order valence-electron chi connectivity index (χ4n) is 1.30. The molecular formula is C10H6ClF4N3S. The van der Waals surface area contributed by atoms with E-state index < -0.39 is 28.3 Å². The van der Waals surface area contributed by atoms with Gasteiger partial charge in [0, 0.05) is 5.75 Å². The zero-order valence-corrected chi connectivity index (χ0v) is 10.8. The highest BCUT2D eigenvalue weighted by molar-refractivity contribution is 8.14. The maximum atomic E-state index is 13.5. The van der Waals surface area contributed by atoms with Gasteiger partial charge in [-0.1, -0.05) is 23.4 Å². The molecule has 3 nitrogen and oxygen atoms in total. The molecule has 1 heterocycles. The van der Waals surface area contributed by atoms with Crippen molar-refractivity contribution in [2.45, 2.75) is 6.18 Å². The summed E-state index contributed by atoms with van der Waals surface area (Å²) in [5.74, 6) is -0.426. The normalized spacial score (nSPS) is 16.2. The maximum Gasteiger partial charge on any atom is 0.416 e. The Morgan fingerprint density at radius 3 is 2.53 bits per heavy atom. The van der Waals surface area contributed by atoms with Crippen molar-refractivity contribution in [2.75, 3.05) is 12.3 Å². The number of azo groups is 1. The summed E-state index contributed by atoms with van der Waals surface area (Å²) in [4.78, 5) is 3.94. The van der Waals surface area contributed by atoms with E-state index in [9.17, 15) is 17.6 Å². The summed E-state index contributed by atoms with van der Waals surface area (Å²) in [6.07, 6.45) is -4.66. The van der Waals surface area contributed by atoms with Crippen LogP contribution in [0.15, 0.2) is 27.4 Å². The number of thioether (sulfide) groups is 1. The molecule has 1 aliphatic heterocycles. The molecule has 19 heavy (non-hydrogen) atoms. The van der Waals surface area contributed by atoms with Gasteiger partial charge in [-0.3, -0.25) is 4.99 Å². The minimum atomic E-state index is -4.66. The quantitative estimate of drug-likeness (QED) is 0.548. The fraction of sp³-hybridized carbons (Fsp3) is 0.300. The molecule has 0 amide bonds. The van der Waals surface area contributed by atoms with Gasteiger partial charge >= 0.3 is 6.18 Å². The SMILES string of the molecule is Fc1cc(C(F)(F)F)cc(Cl)c1N=NC1=NCCS1.